The predicted molar refractivity (Wildman–Crippen MR) is 70.3 cm³/mol. The van der Waals surface area contributed by atoms with Gasteiger partial charge in [-0.05, 0) is 25.8 Å². The lowest BCUT2D eigenvalue weighted by Crippen LogP contribution is -2.42. The summed E-state index contributed by atoms with van der Waals surface area (Å²) < 4.78 is 0. The first-order chi connectivity index (χ1) is 8.54. The van der Waals surface area contributed by atoms with Crippen LogP contribution in [0.3, 0.4) is 0 Å². The monoisotopic (exact) mass is 249 g/mol. The molecule has 0 heterocycles. The Hall–Kier alpha value is -2.04. The van der Waals surface area contributed by atoms with E-state index in [0.717, 1.165) is 5.56 Å². The van der Waals surface area contributed by atoms with E-state index >= 15 is 0 Å². The number of nitrogens with two attached hydrogens (primary N) is 1. The largest absolute Gasteiger partial charge is 0.409 e. The summed E-state index contributed by atoms with van der Waals surface area (Å²) in [6.07, 6.45) is 0.412. The zero-order chi connectivity index (χ0) is 13.5. The third kappa shape index (κ3) is 4.08. The van der Waals surface area contributed by atoms with E-state index in [9.17, 15) is 4.79 Å². The standard InChI is InChI=1S/C13H19N3O2/c1-9(2)15-13(17)11(12(14)16-18)8-10-6-4-3-5-7-10/h3-7,9,11,18H,8H2,1-2H3,(H2,14,16)(H,15,17). The lowest BCUT2D eigenvalue weighted by atomic mass is 9.97. The van der Waals surface area contributed by atoms with E-state index in [1.807, 2.05) is 44.2 Å². The number of nitrogens with one attached hydrogen (secondary N) is 1. The second-order valence-electron chi connectivity index (χ2n) is 4.43. The Morgan fingerprint density at radius 1 is 1.39 bits per heavy atom. The zero-order valence-electron chi connectivity index (χ0n) is 10.6. The Morgan fingerprint density at radius 3 is 2.50 bits per heavy atom. The second kappa shape index (κ2) is 6.64. The predicted octanol–water partition coefficient (Wildman–Crippen LogP) is 1.12. The molecule has 18 heavy (non-hydrogen) atoms. The summed E-state index contributed by atoms with van der Waals surface area (Å²) in [5, 5.41) is 14.5. The van der Waals surface area contributed by atoms with Crippen LogP contribution in [0.2, 0.25) is 0 Å². The topological polar surface area (TPSA) is 87.7 Å². The minimum absolute atomic E-state index is 0.0160. The van der Waals surface area contributed by atoms with Crippen molar-refractivity contribution in [2.45, 2.75) is 26.3 Å². The molecule has 4 N–H and O–H groups in total. The van der Waals surface area contributed by atoms with Crippen LogP contribution in [-0.2, 0) is 11.2 Å². The summed E-state index contributed by atoms with van der Waals surface area (Å²) in [6, 6.07) is 9.50. The van der Waals surface area contributed by atoms with Gasteiger partial charge in [-0.2, -0.15) is 0 Å². The highest BCUT2D eigenvalue weighted by Crippen LogP contribution is 2.09. The molecule has 5 heteroatoms. The van der Waals surface area contributed by atoms with Gasteiger partial charge in [0, 0.05) is 6.04 Å². The van der Waals surface area contributed by atoms with Gasteiger partial charge in [-0.25, -0.2) is 0 Å². The fourth-order valence-corrected chi connectivity index (χ4v) is 1.64. The van der Waals surface area contributed by atoms with Crippen LogP contribution < -0.4 is 11.1 Å². The quantitative estimate of drug-likeness (QED) is 0.316. The molecule has 1 amide bonds. The van der Waals surface area contributed by atoms with Gasteiger partial charge in [-0.1, -0.05) is 35.5 Å². The van der Waals surface area contributed by atoms with Gasteiger partial charge in [0.05, 0.1) is 0 Å². The van der Waals surface area contributed by atoms with Gasteiger partial charge in [0.1, 0.15) is 5.92 Å². The van der Waals surface area contributed by atoms with Crippen LogP contribution >= 0.6 is 0 Å². The summed E-state index contributed by atoms with van der Waals surface area (Å²) in [6.45, 7) is 3.73. The third-order valence-corrected chi connectivity index (χ3v) is 2.50. The third-order valence-electron chi connectivity index (χ3n) is 2.50. The molecule has 0 aliphatic heterocycles. The Bertz CT molecular complexity index is 416. The van der Waals surface area contributed by atoms with Crippen LogP contribution in [0.15, 0.2) is 35.5 Å². The first-order valence-electron chi connectivity index (χ1n) is 5.86. The molecule has 0 aliphatic carbocycles. The van der Waals surface area contributed by atoms with Gasteiger partial charge in [0.25, 0.3) is 0 Å². The summed E-state index contributed by atoms with van der Waals surface area (Å²) >= 11 is 0. The lowest BCUT2D eigenvalue weighted by Gasteiger charge is -2.17. The molecule has 1 aromatic carbocycles. The van der Waals surface area contributed by atoms with E-state index in [1.165, 1.54) is 0 Å². The lowest BCUT2D eigenvalue weighted by molar-refractivity contribution is -0.123. The van der Waals surface area contributed by atoms with Crippen molar-refractivity contribution in [3.63, 3.8) is 0 Å². The van der Waals surface area contributed by atoms with Crippen molar-refractivity contribution in [3.8, 4) is 0 Å². The molecule has 1 rings (SSSR count). The van der Waals surface area contributed by atoms with Crippen LogP contribution in [0.25, 0.3) is 0 Å². The van der Waals surface area contributed by atoms with Gasteiger partial charge in [0.2, 0.25) is 5.91 Å². The smallest absolute Gasteiger partial charge is 0.231 e. The first-order valence-corrected chi connectivity index (χ1v) is 5.86. The molecule has 1 aromatic rings. The Morgan fingerprint density at radius 2 is 2.00 bits per heavy atom. The number of hydrogen-bond donors (Lipinski definition) is 3. The Kier molecular flexibility index (Phi) is 5.17. The Labute approximate surface area is 107 Å². The number of carbonyl (C=O) groups excluding carboxylic acids is 1. The van der Waals surface area contributed by atoms with E-state index < -0.39 is 5.92 Å². The highest BCUT2D eigenvalue weighted by atomic mass is 16.4. The summed E-state index contributed by atoms with van der Waals surface area (Å²) in [7, 11) is 0. The minimum atomic E-state index is -0.653. The van der Waals surface area contributed by atoms with Crippen LogP contribution in [0.1, 0.15) is 19.4 Å². The highest BCUT2D eigenvalue weighted by Gasteiger charge is 2.23. The average molecular weight is 249 g/mol. The number of nitrogens with zero attached hydrogens (tertiary/aromatic N) is 1. The van der Waals surface area contributed by atoms with Crippen molar-refractivity contribution in [2.75, 3.05) is 0 Å². The normalized spacial score (nSPS) is 13.4. The minimum Gasteiger partial charge on any atom is -0.409 e. The van der Waals surface area contributed by atoms with E-state index in [2.05, 4.69) is 10.5 Å². The molecule has 0 saturated heterocycles. The van der Waals surface area contributed by atoms with Crippen LogP contribution in [0.4, 0.5) is 0 Å². The fourth-order valence-electron chi connectivity index (χ4n) is 1.64. The van der Waals surface area contributed by atoms with E-state index in [-0.39, 0.29) is 17.8 Å². The number of amidine groups is 1. The second-order valence-corrected chi connectivity index (χ2v) is 4.43. The molecule has 0 aliphatic rings. The first kappa shape index (κ1) is 14.0. The summed E-state index contributed by atoms with van der Waals surface area (Å²) in [5.41, 5.74) is 6.55. The molecule has 5 nitrogen and oxygen atoms in total. The number of benzene rings is 1. The molecule has 1 unspecified atom stereocenters. The van der Waals surface area contributed by atoms with Crippen molar-refractivity contribution in [1.82, 2.24) is 5.32 Å². The number of carbonyl (C=O) groups is 1. The number of oxime groups is 1. The van der Waals surface area contributed by atoms with Crippen LogP contribution in [0, 0.1) is 5.92 Å². The van der Waals surface area contributed by atoms with Crippen molar-refractivity contribution in [2.24, 2.45) is 16.8 Å². The SMILES string of the molecule is CC(C)NC(=O)C(Cc1ccccc1)/C(N)=N/O. The van der Waals surface area contributed by atoms with Gasteiger partial charge in [-0.3, -0.25) is 4.79 Å². The van der Waals surface area contributed by atoms with Gasteiger partial charge in [0.15, 0.2) is 5.84 Å². The van der Waals surface area contributed by atoms with Crippen LogP contribution in [-0.4, -0.2) is 23.0 Å². The van der Waals surface area contributed by atoms with Gasteiger partial charge >= 0.3 is 0 Å². The molecule has 0 fully saturated rings. The molecule has 1 atom stereocenters. The average Bonchev–Trinajstić information content (AvgIpc) is 2.35. The van der Waals surface area contributed by atoms with Crippen LogP contribution in [0.5, 0.6) is 0 Å². The Balaban J connectivity index is 2.83. The van der Waals surface area contributed by atoms with Gasteiger partial charge < -0.3 is 16.3 Å². The maximum absolute atomic E-state index is 12.0. The van der Waals surface area contributed by atoms with Crippen molar-refractivity contribution < 1.29 is 10.0 Å². The molecular weight excluding hydrogens is 230 g/mol. The molecule has 0 radical (unpaired) electrons. The fraction of sp³-hybridized carbons (Fsp3) is 0.385. The molecule has 0 spiro atoms. The molecule has 0 aromatic heterocycles. The van der Waals surface area contributed by atoms with Crippen molar-refractivity contribution in [1.29, 1.82) is 0 Å². The maximum Gasteiger partial charge on any atom is 0.231 e. The summed E-state index contributed by atoms with van der Waals surface area (Å²) in [5.74, 6) is -0.957. The summed E-state index contributed by atoms with van der Waals surface area (Å²) in [4.78, 5) is 12.0. The highest BCUT2D eigenvalue weighted by molar-refractivity contribution is 6.02. The maximum atomic E-state index is 12.0. The van der Waals surface area contributed by atoms with E-state index in [4.69, 9.17) is 10.9 Å². The molecular formula is C13H19N3O2. The number of rotatable bonds is 5. The number of hydrogen-bond acceptors (Lipinski definition) is 3. The van der Waals surface area contributed by atoms with Crippen molar-refractivity contribution >= 4 is 11.7 Å². The number of amides is 1. The van der Waals surface area contributed by atoms with Crippen molar-refractivity contribution in [3.05, 3.63) is 35.9 Å². The van der Waals surface area contributed by atoms with E-state index in [0.29, 0.717) is 6.42 Å². The zero-order valence-corrected chi connectivity index (χ0v) is 10.6. The van der Waals surface area contributed by atoms with E-state index in [1.54, 1.807) is 0 Å². The molecule has 0 bridgehead atoms. The molecule has 98 valence electrons. The van der Waals surface area contributed by atoms with Gasteiger partial charge in [-0.15, -0.1) is 0 Å². The molecule has 0 saturated carbocycles.